The Bertz CT molecular complexity index is 905. The number of aromatic nitrogens is 1. The Balaban J connectivity index is 1.80. The molecule has 122 valence electrons. The monoisotopic (exact) mass is 318 g/mol. The Morgan fingerprint density at radius 1 is 1.21 bits per heavy atom. The second kappa shape index (κ2) is 5.82. The van der Waals surface area contributed by atoms with Gasteiger partial charge in [0, 0.05) is 29.8 Å². The fourth-order valence-electron chi connectivity index (χ4n) is 3.93. The van der Waals surface area contributed by atoms with Gasteiger partial charge in [0.15, 0.2) is 0 Å². The molecule has 0 fully saturated rings. The molecule has 4 rings (SSSR count). The number of aryl methyl sites for hydroxylation is 2. The van der Waals surface area contributed by atoms with E-state index in [9.17, 15) is 5.11 Å². The van der Waals surface area contributed by atoms with E-state index in [4.69, 9.17) is 5.41 Å². The second-order valence-electron chi connectivity index (χ2n) is 6.80. The number of phenols is 1. The average Bonchev–Trinajstić information content (AvgIpc) is 2.95. The molecule has 1 atom stereocenters. The van der Waals surface area contributed by atoms with Crippen molar-refractivity contribution in [2.75, 3.05) is 0 Å². The zero-order chi connectivity index (χ0) is 16.7. The van der Waals surface area contributed by atoms with E-state index >= 15 is 0 Å². The number of phenolic OH excluding ortho intramolecular Hbond substituents is 1. The van der Waals surface area contributed by atoms with Gasteiger partial charge in [0.2, 0.25) is 0 Å². The number of hydrogen-bond donors (Lipinski definition) is 2. The van der Waals surface area contributed by atoms with E-state index in [2.05, 4.69) is 29.0 Å². The molecule has 0 radical (unpaired) electrons. The summed E-state index contributed by atoms with van der Waals surface area (Å²) < 4.78 is 2.37. The number of para-hydroxylation sites is 1. The zero-order valence-corrected chi connectivity index (χ0v) is 13.9. The highest BCUT2D eigenvalue weighted by atomic mass is 16.3. The van der Waals surface area contributed by atoms with Crippen LogP contribution in [0.15, 0.2) is 48.7 Å². The number of benzene rings is 2. The largest absolute Gasteiger partial charge is 0.508 e. The average molecular weight is 318 g/mol. The first-order chi connectivity index (χ1) is 11.6. The predicted octanol–water partition coefficient (Wildman–Crippen LogP) is 4.66. The van der Waals surface area contributed by atoms with Crippen LogP contribution in [0.4, 0.5) is 0 Å². The molecule has 0 saturated carbocycles. The van der Waals surface area contributed by atoms with E-state index in [0.717, 1.165) is 24.9 Å². The minimum absolute atomic E-state index is 0.0756. The van der Waals surface area contributed by atoms with Crippen molar-refractivity contribution in [1.29, 1.82) is 5.41 Å². The second-order valence-corrected chi connectivity index (χ2v) is 6.80. The number of nitrogens with one attached hydrogen (secondary N) is 1. The molecule has 2 aromatic carbocycles. The van der Waals surface area contributed by atoms with Crippen LogP contribution >= 0.6 is 0 Å². The van der Waals surface area contributed by atoms with Crippen LogP contribution in [0.2, 0.25) is 0 Å². The smallest absolute Gasteiger partial charge is 0.115 e. The van der Waals surface area contributed by atoms with Gasteiger partial charge in [-0.3, -0.25) is 0 Å². The van der Waals surface area contributed by atoms with Gasteiger partial charge < -0.3 is 15.1 Å². The van der Waals surface area contributed by atoms with Crippen LogP contribution in [0, 0.1) is 5.41 Å². The molecule has 0 spiro atoms. The third kappa shape index (κ3) is 2.50. The first-order valence-corrected chi connectivity index (χ1v) is 8.57. The first kappa shape index (κ1) is 15.0. The van der Waals surface area contributed by atoms with Gasteiger partial charge in [-0.05, 0) is 55.0 Å². The first-order valence-electron chi connectivity index (χ1n) is 8.57. The van der Waals surface area contributed by atoms with Gasteiger partial charge in [-0.25, -0.2) is 0 Å². The molecular weight excluding hydrogens is 296 g/mol. The minimum atomic E-state index is 0.0756. The molecule has 1 aliphatic heterocycles. The van der Waals surface area contributed by atoms with Crippen LogP contribution in [0.1, 0.15) is 36.0 Å². The highest BCUT2D eigenvalue weighted by Crippen LogP contribution is 2.35. The van der Waals surface area contributed by atoms with Gasteiger partial charge in [-0.2, -0.15) is 0 Å². The Hall–Kier alpha value is -2.55. The molecule has 2 N–H and O–H groups in total. The summed E-state index contributed by atoms with van der Waals surface area (Å²) in [5.41, 5.74) is 5.88. The van der Waals surface area contributed by atoms with Gasteiger partial charge in [0.05, 0.1) is 5.52 Å². The SMILES string of the molecule is CC(=N)C(Cc1ccc(O)cc1)c1cn2c3c(cccc13)CCC2. The maximum atomic E-state index is 9.49. The molecule has 3 heteroatoms. The van der Waals surface area contributed by atoms with Crippen LogP contribution in [0.5, 0.6) is 5.75 Å². The number of nitrogens with zero attached hydrogens (tertiary/aromatic N) is 1. The molecule has 1 unspecified atom stereocenters. The van der Waals surface area contributed by atoms with Crippen molar-refractivity contribution in [3.8, 4) is 5.75 Å². The van der Waals surface area contributed by atoms with Crippen LogP contribution in [-0.2, 0) is 19.4 Å². The fraction of sp³-hybridized carbons (Fsp3) is 0.286. The van der Waals surface area contributed by atoms with Crippen molar-refractivity contribution in [3.05, 3.63) is 65.4 Å². The summed E-state index contributed by atoms with van der Waals surface area (Å²) in [5, 5.41) is 19.1. The molecule has 0 amide bonds. The van der Waals surface area contributed by atoms with E-state index in [1.807, 2.05) is 19.1 Å². The zero-order valence-electron chi connectivity index (χ0n) is 13.9. The molecule has 2 heterocycles. The predicted molar refractivity (Wildman–Crippen MR) is 98.2 cm³/mol. The molecule has 0 aliphatic carbocycles. The maximum Gasteiger partial charge on any atom is 0.115 e. The number of hydrogen-bond acceptors (Lipinski definition) is 2. The van der Waals surface area contributed by atoms with Crippen molar-refractivity contribution in [2.24, 2.45) is 0 Å². The van der Waals surface area contributed by atoms with Crippen molar-refractivity contribution in [1.82, 2.24) is 4.57 Å². The Kier molecular flexibility index (Phi) is 3.64. The molecule has 0 bridgehead atoms. The Morgan fingerprint density at radius 3 is 2.75 bits per heavy atom. The quantitative estimate of drug-likeness (QED) is 0.675. The molecule has 1 aromatic heterocycles. The number of rotatable bonds is 4. The molecule has 3 aromatic rings. The lowest BCUT2D eigenvalue weighted by Crippen LogP contribution is -2.11. The summed E-state index contributed by atoms with van der Waals surface area (Å²) in [6, 6.07) is 13.9. The maximum absolute atomic E-state index is 9.49. The lowest BCUT2D eigenvalue weighted by Gasteiger charge is -2.16. The standard InChI is InChI=1S/C21H22N2O/c1-14(22)19(12-15-7-9-17(24)10-8-15)20-13-23-11-3-5-16-4-2-6-18(20)21(16)23/h2,4,6-10,13,19,22,24H,3,5,11-12H2,1H3. The third-order valence-electron chi connectivity index (χ3n) is 5.13. The lowest BCUT2D eigenvalue weighted by atomic mass is 9.88. The van der Waals surface area contributed by atoms with Crippen LogP contribution in [-0.4, -0.2) is 15.4 Å². The molecule has 24 heavy (non-hydrogen) atoms. The van der Waals surface area contributed by atoms with Crippen molar-refractivity contribution < 1.29 is 5.11 Å². The van der Waals surface area contributed by atoms with E-state index in [-0.39, 0.29) is 11.7 Å². The highest BCUT2D eigenvalue weighted by Gasteiger charge is 2.23. The normalized spacial score (nSPS) is 14.7. The molecule has 3 nitrogen and oxygen atoms in total. The fourth-order valence-corrected chi connectivity index (χ4v) is 3.93. The van der Waals surface area contributed by atoms with Gasteiger partial charge in [0.1, 0.15) is 5.75 Å². The Morgan fingerprint density at radius 2 is 2.00 bits per heavy atom. The summed E-state index contributed by atoms with van der Waals surface area (Å²) in [5.74, 6) is 0.362. The Labute approximate surface area is 142 Å². The highest BCUT2D eigenvalue weighted by molar-refractivity contribution is 5.95. The van der Waals surface area contributed by atoms with E-state index < -0.39 is 0 Å². The van der Waals surface area contributed by atoms with Gasteiger partial charge >= 0.3 is 0 Å². The van der Waals surface area contributed by atoms with E-state index in [1.54, 1.807) is 12.1 Å². The third-order valence-corrected chi connectivity index (χ3v) is 5.13. The van der Waals surface area contributed by atoms with E-state index in [0.29, 0.717) is 5.71 Å². The molecular formula is C21H22N2O. The van der Waals surface area contributed by atoms with Gasteiger partial charge in [0.25, 0.3) is 0 Å². The van der Waals surface area contributed by atoms with E-state index in [1.165, 1.54) is 28.5 Å². The summed E-state index contributed by atoms with van der Waals surface area (Å²) in [4.78, 5) is 0. The topological polar surface area (TPSA) is 49.0 Å². The summed E-state index contributed by atoms with van der Waals surface area (Å²) in [7, 11) is 0. The van der Waals surface area contributed by atoms with Gasteiger partial charge in [-0.1, -0.05) is 30.3 Å². The van der Waals surface area contributed by atoms with Crippen molar-refractivity contribution in [2.45, 2.75) is 38.6 Å². The van der Waals surface area contributed by atoms with Crippen LogP contribution < -0.4 is 0 Å². The lowest BCUT2D eigenvalue weighted by molar-refractivity contribution is 0.475. The number of aromatic hydroxyl groups is 1. The van der Waals surface area contributed by atoms with Crippen molar-refractivity contribution in [3.63, 3.8) is 0 Å². The molecule has 1 aliphatic rings. The summed E-state index contributed by atoms with van der Waals surface area (Å²) in [6.45, 7) is 2.97. The van der Waals surface area contributed by atoms with Crippen LogP contribution in [0.25, 0.3) is 10.9 Å². The van der Waals surface area contributed by atoms with Gasteiger partial charge in [-0.15, -0.1) is 0 Å². The molecule has 0 saturated heterocycles. The minimum Gasteiger partial charge on any atom is -0.508 e. The summed E-state index contributed by atoms with van der Waals surface area (Å²) in [6.07, 6.45) is 5.38. The van der Waals surface area contributed by atoms with Crippen molar-refractivity contribution >= 4 is 16.6 Å². The summed E-state index contributed by atoms with van der Waals surface area (Å²) >= 11 is 0. The van der Waals surface area contributed by atoms with Crippen LogP contribution in [0.3, 0.4) is 0 Å².